The molecule has 1 saturated heterocycles. The monoisotopic (exact) mass is 318 g/mol. The SMILES string of the molecule is CO[C@H]1CCN(C(=O)c2ccno2)C[C@H]1Cc1ccc(F)cc1. The molecule has 1 aliphatic rings. The molecule has 1 aliphatic heterocycles. The van der Waals surface area contributed by atoms with Crippen molar-refractivity contribution in [3.8, 4) is 0 Å². The molecule has 2 atom stereocenters. The first-order chi connectivity index (χ1) is 11.2. The molecule has 0 spiro atoms. The molecular formula is C17H19FN2O3. The molecule has 3 rings (SSSR count). The Bertz CT molecular complexity index is 642. The Morgan fingerprint density at radius 2 is 2.17 bits per heavy atom. The van der Waals surface area contributed by atoms with Gasteiger partial charge < -0.3 is 14.2 Å². The number of carbonyl (C=O) groups excluding carboxylic acids is 1. The molecule has 1 aromatic heterocycles. The molecule has 1 amide bonds. The molecule has 5 nitrogen and oxygen atoms in total. The normalized spacial score (nSPS) is 21.4. The number of halogens is 1. The maximum absolute atomic E-state index is 13.0. The van der Waals surface area contributed by atoms with Crippen LogP contribution in [0.15, 0.2) is 41.1 Å². The van der Waals surface area contributed by atoms with Crippen molar-refractivity contribution in [3.63, 3.8) is 0 Å². The fourth-order valence-electron chi connectivity index (χ4n) is 3.11. The van der Waals surface area contributed by atoms with Crippen LogP contribution in [-0.4, -0.2) is 42.3 Å². The largest absolute Gasteiger partial charge is 0.381 e. The number of hydrogen-bond donors (Lipinski definition) is 0. The number of rotatable bonds is 4. The predicted octanol–water partition coefficient (Wildman–Crippen LogP) is 2.53. The van der Waals surface area contributed by atoms with E-state index in [1.54, 1.807) is 30.2 Å². The second-order valence-electron chi connectivity index (χ2n) is 5.78. The Balaban J connectivity index is 1.71. The summed E-state index contributed by atoms with van der Waals surface area (Å²) in [7, 11) is 1.69. The van der Waals surface area contributed by atoms with Gasteiger partial charge in [0.2, 0.25) is 5.76 Å². The average Bonchev–Trinajstić information content (AvgIpc) is 3.11. The van der Waals surface area contributed by atoms with Crippen molar-refractivity contribution in [2.24, 2.45) is 5.92 Å². The number of nitrogens with zero attached hydrogens (tertiary/aromatic N) is 2. The van der Waals surface area contributed by atoms with Crippen LogP contribution in [-0.2, 0) is 11.2 Å². The first kappa shape index (κ1) is 15.7. The quantitative estimate of drug-likeness (QED) is 0.869. The van der Waals surface area contributed by atoms with Crippen LogP contribution in [0.4, 0.5) is 4.39 Å². The molecule has 2 aromatic rings. The third-order valence-corrected chi connectivity index (χ3v) is 4.31. The standard InChI is InChI=1S/C17H19FN2O3/c1-22-15-7-9-20(17(21)16-6-8-19-23-16)11-13(15)10-12-2-4-14(18)5-3-12/h2-6,8,13,15H,7,9-11H2,1H3/t13-,15+/m1/s1. The first-order valence-corrected chi connectivity index (χ1v) is 7.64. The van der Waals surface area contributed by atoms with Crippen molar-refractivity contribution in [3.05, 3.63) is 53.7 Å². The summed E-state index contributed by atoms with van der Waals surface area (Å²) in [5.74, 6) is 0.0106. The molecule has 1 fully saturated rings. The summed E-state index contributed by atoms with van der Waals surface area (Å²) in [6.45, 7) is 1.20. The predicted molar refractivity (Wildman–Crippen MR) is 81.4 cm³/mol. The minimum atomic E-state index is -0.247. The van der Waals surface area contributed by atoms with Gasteiger partial charge in [-0.2, -0.15) is 0 Å². The van der Waals surface area contributed by atoms with Crippen LogP contribution in [0.5, 0.6) is 0 Å². The Kier molecular flexibility index (Phi) is 4.71. The number of likely N-dealkylation sites (tertiary alicyclic amines) is 1. The van der Waals surface area contributed by atoms with Gasteiger partial charge in [0, 0.05) is 32.2 Å². The van der Waals surface area contributed by atoms with Gasteiger partial charge in [0.1, 0.15) is 5.82 Å². The first-order valence-electron chi connectivity index (χ1n) is 7.64. The van der Waals surface area contributed by atoms with E-state index in [2.05, 4.69) is 5.16 Å². The molecule has 0 aliphatic carbocycles. The van der Waals surface area contributed by atoms with Gasteiger partial charge >= 0.3 is 0 Å². The van der Waals surface area contributed by atoms with E-state index in [0.29, 0.717) is 13.1 Å². The van der Waals surface area contributed by atoms with E-state index < -0.39 is 0 Å². The lowest BCUT2D eigenvalue weighted by Gasteiger charge is -2.37. The smallest absolute Gasteiger partial charge is 0.292 e. The van der Waals surface area contributed by atoms with Crippen LogP contribution in [0.1, 0.15) is 22.5 Å². The lowest BCUT2D eigenvalue weighted by atomic mass is 9.88. The summed E-state index contributed by atoms with van der Waals surface area (Å²) in [6.07, 6.45) is 3.05. The zero-order chi connectivity index (χ0) is 16.2. The topological polar surface area (TPSA) is 55.6 Å². The Labute approximate surface area is 134 Å². The van der Waals surface area contributed by atoms with Gasteiger partial charge in [-0.05, 0) is 30.5 Å². The summed E-state index contributed by atoms with van der Waals surface area (Å²) in [4.78, 5) is 14.2. The third-order valence-electron chi connectivity index (χ3n) is 4.31. The van der Waals surface area contributed by atoms with Crippen LogP contribution >= 0.6 is 0 Å². The van der Waals surface area contributed by atoms with Gasteiger partial charge in [-0.25, -0.2) is 4.39 Å². The molecule has 122 valence electrons. The molecule has 0 bridgehead atoms. The second-order valence-corrected chi connectivity index (χ2v) is 5.78. The zero-order valence-electron chi connectivity index (χ0n) is 12.9. The van der Waals surface area contributed by atoms with E-state index in [0.717, 1.165) is 18.4 Å². The van der Waals surface area contributed by atoms with Gasteiger partial charge in [0.15, 0.2) is 0 Å². The molecule has 0 N–H and O–H groups in total. The highest BCUT2D eigenvalue weighted by Gasteiger charge is 2.32. The maximum Gasteiger partial charge on any atom is 0.292 e. The van der Waals surface area contributed by atoms with E-state index in [-0.39, 0.29) is 29.5 Å². The molecule has 23 heavy (non-hydrogen) atoms. The number of methoxy groups -OCH3 is 1. The fraction of sp³-hybridized carbons (Fsp3) is 0.412. The van der Waals surface area contributed by atoms with Gasteiger partial charge in [-0.1, -0.05) is 17.3 Å². The number of benzene rings is 1. The highest BCUT2D eigenvalue weighted by Crippen LogP contribution is 2.25. The van der Waals surface area contributed by atoms with Crippen LogP contribution in [0.25, 0.3) is 0 Å². The minimum Gasteiger partial charge on any atom is -0.381 e. The zero-order valence-corrected chi connectivity index (χ0v) is 12.9. The van der Waals surface area contributed by atoms with Gasteiger partial charge in [-0.3, -0.25) is 4.79 Å². The van der Waals surface area contributed by atoms with Crippen molar-refractivity contribution >= 4 is 5.91 Å². The van der Waals surface area contributed by atoms with Gasteiger partial charge in [0.25, 0.3) is 5.91 Å². The number of ether oxygens (including phenoxy) is 1. The number of hydrogen-bond acceptors (Lipinski definition) is 4. The van der Waals surface area contributed by atoms with Crippen molar-refractivity contribution in [2.75, 3.05) is 20.2 Å². The van der Waals surface area contributed by atoms with Crippen molar-refractivity contribution in [2.45, 2.75) is 18.9 Å². The van der Waals surface area contributed by atoms with Gasteiger partial charge in [-0.15, -0.1) is 0 Å². The molecule has 6 heteroatoms. The lowest BCUT2D eigenvalue weighted by Crippen LogP contribution is -2.47. The summed E-state index contributed by atoms with van der Waals surface area (Å²) in [5, 5.41) is 3.58. The lowest BCUT2D eigenvalue weighted by molar-refractivity contribution is -0.00412. The molecular weight excluding hydrogens is 299 g/mol. The molecule has 0 saturated carbocycles. The van der Waals surface area contributed by atoms with Crippen molar-refractivity contribution in [1.82, 2.24) is 10.1 Å². The molecule has 0 radical (unpaired) electrons. The van der Waals surface area contributed by atoms with E-state index in [1.807, 2.05) is 0 Å². The highest BCUT2D eigenvalue weighted by atomic mass is 19.1. The number of aromatic nitrogens is 1. The van der Waals surface area contributed by atoms with E-state index in [9.17, 15) is 9.18 Å². The van der Waals surface area contributed by atoms with Crippen LogP contribution in [0, 0.1) is 11.7 Å². The number of amides is 1. The second kappa shape index (κ2) is 6.91. The van der Waals surface area contributed by atoms with Crippen LogP contribution < -0.4 is 0 Å². The molecule has 1 aromatic carbocycles. The Morgan fingerprint density at radius 3 is 2.83 bits per heavy atom. The molecule has 2 heterocycles. The fourth-order valence-corrected chi connectivity index (χ4v) is 3.11. The minimum absolute atomic E-state index is 0.0822. The van der Waals surface area contributed by atoms with E-state index in [4.69, 9.17) is 9.26 Å². The van der Waals surface area contributed by atoms with Crippen LogP contribution in [0.3, 0.4) is 0 Å². The summed E-state index contributed by atoms with van der Waals surface area (Å²) in [6, 6.07) is 8.03. The summed E-state index contributed by atoms with van der Waals surface area (Å²) >= 11 is 0. The van der Waals surface area contributed by atoms with Crippen LogP contribution in [0.2, 0.25) is 0 Å². The third kappa shape index (κ3) is 3.59. The van der Waals surface area contributed by atoms with Crippen molar-refractivity contribution < 1.29 is 18.4 Å². The summed E-state index contributed by atoms with van der Waals surface area (Å²) < 4.78 is 23.6. The molecule has 0 unspecified atom stereocenters. The maximum atomic E-state index is 13.0. The number of carbonyl (C=O) groups is 1. The Morgan fingerprint density at radius 1 is 1.39 bits per heavy atom. The van der Waals surface area contributed by atoms with Crippen molar-refractivity contribution in [1.29, 1.82) is 0 Å². The Hall–Kier alpha value is -2.21. The van der Waals surface area contributed by atoms with E-state index in [1.165, 1.54) is 18.3 Å². The van der Waals surface area contributed by atoms with Gasteiger partial charge in [0.05, 0.1) is 12.3 Å². The highest BCUT2D eigenvalue weighted by molar-refractivity contribution is 5.91. The van der Waals surface area contributed by atoms with E-state index >= 15 is 0 Å². The number of piperidine rings is 1. The summed E-state index contributed by atoms with van der Waals surface area (Å²) in [5.41, 5.74) is 1.03. The average molecular weight is 318 g/mol.